The van der Waals surface area contributed by atoms with Gasteiger partial charge in [-0.2, -0.15) is 5.26 Å². The zero-order valence-corrected chi connectivity index (χ0v) is 7.54. The Morgan fingerprint density at radius 1 is 1.45 bits per heavy atom. The van der Waals surface area contributed by atoms with Crippen molar-refractivity contribution in [3.8, 4) is 6.07 Å². The molecule has 0 amide bonds. The van der Waals surface area contributed by atoms with Crippen molar-refractivity contribution in [1.29, 1.82) is 5.26 Å². The molecule has 0 aromatic carbocycles. The van der Waals surface area contributed by atoms with Crippen LogP contribution in [0, 0.1) is 23.2 Å². The van der Waals surface area contributed by atoms with Gasteiger partial charge in [-0.05, 0) is 19.3 Å². The van der Waals surface area contributed by atoms with E-state index >= 15 is 0 Å². The Kier molecular flexibility index (Phi) is 5.46. The quantitative estimate of drug-likeness (QED) is 0.569. The lowest BCUT2D eigenvalue weighted by molar-refractivity contribution is 0.597. The van der Waals surface area contributed by atoms with Crippen LogP contribution in [-0.4, -0.2) is 12.8 Å². The Labute approximate surface area is 68.9 Å². The Morgan fingerprint density at radius 3 is 2.55 bits per heavy atom. The number of nitriles is 1. The van der Waals surface area contributed by atoms with E-state index in [1.165, 1.54) is 0 Å². The highest BCUT2D eigenvalue weighted by Crippen LogP contribution is 1.98. The molecule has 11 heavy (non-hydrogen) atoms. The van der Waals surface area contributed by atoms with Crippen molar-refractivity contribution in [2.45, 2.75) is 27.2 Å². The molecule has 0 rings (SSSR count). The molecule has 0 spiro atoms. The molecule has 62 valence electrons. The van der Waals surface area contributed by atoms with Gasteiger partial charge >= 0.3 is 0 Å². The van der Waals surface area contributed by atoms with Crippen LogP contribution >= 0.6 is 0 Å². The van der Waals surface area contributed by atoms with Crippen LogP contribution in [0.5, 0.6) is 0 Å². The van der Waals surface area contributed by atoms with Crippen LogP contribution in [0.1, 0.15) is 27.2 Å². The Balaban J connectivity index is 3.39. The van der Waals surface area contributed by atoms with Crippen LogP contribution in [0.4, 0.5) is 0 Å². The Morgan fingerprint density at radius 2 is 2.09 bits per heavy atom. The van der Waals surface area contributed by atoms with Gasteiger partial charge in [0.2, 0.25) is 0 Å². The van der Waals surface area contributed by atoms with E-state index in [1.54, 1.807) is 6.21 Å². The van der Waals surface area contributed by atoms with Crippen LogP contribution in [0.2, 0.25) is 0 Å². The summed E-state index contributed by atoms with van der Waals surface area (Å²) in [5.41, 5.74) is 0. The molecule has 2 nitrogen and oxygen atoms in total. The Bertz CT molecular complexity index is 153. The summed E-state index contributed by atoms with van der Waals surface area (Å²) in [6.45, 7) is 7.04. The molecule has 0 saturated carbocycles. The van der Waals surface area contributed by atoms with Crippen molar-refractivity contribution in [3.05, 3.63) is 0 Å². The Hall–Kier alpha value is -0.840. The fourth-order valence-electron chi connectivity index (χ4n) is 0.599. The average Bonchev–Trinajstić information content (AvgIpc) is 1.97. The minimum absolute atomic E-state index is 0.0397. The van der Waals surface area contributed by atoms with Gasteiger partial charge in [0.1, 0.15) is 0 Å². The van der Waals surface area contributed by atoms with Crippen molar-refractivity contribution in [2.24, 2.45) is 16.8 Å². The molecule has 0 aliphatic heterocycles. The van der Waals surface area contributed by atoms with Gasteiger partial charge in [0.05, 0.1) is 12.0 Å². The molecule has 0 N–H and O–H groups in total. The monoisotopic (exact) mass is 152 g/mol. The van der Waals surface area contributed by atoms with Gasteiger partial charge in [0, 0.05) is 12.8 Å². The second kappa shape index (κ2) is 5.91. The van der Waals surface area contributed by atoms with E-state index in [0.717, 1.165) is 13.0 Å². The normalized spacial score (nSPS) is 13.7. The maximum Gasteiger partial charge on any atom is 0.0783 e. The first-order chi connectivity index (χ1) is 5.16. The van der Waals surface area contributed by atoms with Gasteiger partial charge in [-0.3, -0.25) is 4.99 Å². The fourth-order valence-corrected chi connectivity index (χ4v) is 0.599. The van der Waals surface area contributed by atoms with E-state index in [2.05, 4.69) is 24.9 Å². The summed E-state index contributed by atoms with van der Waals surface area (Å²) < 4.78 is 0. The van der Waals surface area contributed by atoms with Gasteiger partial charge in [0.15, 0.2) is 0 Å². The minimum atomic E-state index is -0.0397. The zero-order valence-electron chi connectivity index (χ0n) is 7.54. The van der Waals surface area contributed by atoms with Crippen LogP contribution in [0.3, 0.4) is 0 Å². The molecule has 0 aromatic rings. The third-order valence-corrected chi connectivity index (χ3v) is 1.37. The molecule has 2 heteroatoms. The van der Waals surface area contributed by atoms with Crippen LogP contribution in [-0.2, 0) is 0 Å². The summed E-state index contributed by atoms with van der Waals surface area (Å²) in [4.78, 5) is 4.13. The summed E-state index contributed by atoms with van der Waals surface area (Å²) >= 11 is 0. The maximum atomic E-state index is 8.40. The number of hydrogen-bond donors (Lipinski definition) is 0. The minimum Gasteiger partial charge on any atom is -0.296 e. The molecular weight excluding hydrogens is 136 g/mol. The summed E-state index contributed by atoms with van der Waals surface area (Å²) in [6, 6.07) is 2.10. The van der Waals surface area contributed by atoms with Crippen LogP contribution in [0.15, 0.2) is 4.99 Å². The molecule has 1 atom stereocenters. The van der Waals surface area contributed by atoms with Crippen LogP contribution in [0.25, 0.3) is 0 Å². The molecule has 0 fully saturated rings. The fraction of sp³-hybridized carbons (Fsp3) is 0.778. The zero-order chi connectivity index (χ0) is 8.69. The van der Waals surface area contributed by atoms with E-state index in [9.17, 15) is 0 Å². The average molecular weight is 152 g/mol. The third kappa shape index (κ3) is 7.05. The molecule has 0 aliphatic rings. The lowest BCUT2D eigenvalue weighted by Gasteiger charge is -1.98. The highest BCUT2D eigenvalue weighted by atomic mass is 14.7. The summed E-state index contributed by atoms with van der Waals surface area (Å²) in [7, 11) is 0. The summed E-state index contributed by atoms with van der Waals surface area (Å²) in [5.74, 6) is 0.659. The van der Waals surface area contributed by atoms with E-state index in [4.69, 9.17) is 5.26 Å². The van der Waals surface area contributed by atoms with Gasteiger partial charge in [-0.25, -0.2) is 0 Å². The second-order valence-electron chi connectivity index (χ2n) is 3.16. The van der Waals surface area contributed by atoms with E-state index in [0.29, 0.717) is 5.92 Å². The molecule has 0 aliphatic carbocycles. The molecule has 0 heterocycles. The van der Waals surface area contributed by atoms with Crippen molar-refractivity contribution >= 4 is 6.21 Å². The predicted molar refractivity (Wildman–Crippen MR) is 47.6 cm³/mol. The second-order valence-corrected chi connectivity index (χ2v) is 3.16. The lowest BCUT2D eigenvalue weighted by Crippen LogP contribution is -1.94. The van der Waals surface area contributed by atoms with E-state index in [-0.39, 0.29) is 5.92 Å². The van der Waals surface area contributed by atoms with Crippen molar-refractivity contribution in [2.75, 3.05) is 6.54 Å². The summed E-state index contributed by atoms with van der Waals surface area (Å²) in [6.07, 6.45) is 2.83. The lowest BCUT2D eigenvalue weighted by atomic mass is 10.1. The number of hydrogen-bond acceptors (Lipinski definition) is 2. The third-order valence-electron chi connectivity index (χ3n) is 1.37. The van der Waals surface area contributed by atoms with Gasteiger partial charge in [0.25, 0.3) is 0 Å². The first kappa shape index (κ1) is 10.2. The molecule has 0 aromatic heterocycles. The highest BCUT2D eigenvalue weighted by Gasteiger charge is 1.92. The van der Waals surface area contributed by atoms with Crippen molar-refractivity contribution < 1.29 is 0 Å². The van der Waals surface area contributed by atoms with Gasteiger partial charge in [-0.1, -0.05) is 13.8 Å². The van der Waals surface area contributed by atoms with Crippen molar-refractivity contribution in [1.82, 2.24) is 0 Å². The number of nitrogens with zero attached hydrogens (tertiary/aromatic N) is 2. The van der Waals surface area contributed by atoms with Gasteiger partial charge < -0.3 is 0 Å². The first-order valence-electron chi connectivity index (χ1n) is 4.06. The standard InChI is InChI=1S/C9H16N2/c1-8(2)4-5-11-7-9(3)6-10/h7-9H,4-5H2,1-3H3. The summed E-state index contributed by atoms with van der Waals surface area (Å²) in [5, 5.41) is 8.40. The maximum absolute atomic E-state index is 8.40. The number of aliphatic imine (C=N–C) groups is 1. The highest BCUT2D eigenvalue weighted by molar-refractivity contribution is 5.63. The van der Waals surface area contributed by atoms with E-state index in [1.807, 2.05) is 6.92 Å². The smallest absolute Gasteiger partial charge is 0.0783 e. The number of rotatable bonds is 4. The van der Waals surface area contributed by atoms with Gasteiger partial charge in [-0.15, -0.1) is 0 Å². The molecule has 1 unspecified atom stereocenters. The largest absolute Gasteiger partial charge is 0.296 e. The molecule has 0 bridgehead atoms. The molecule has 0 radical (unpaired) electrons. The molecule has 0 saturated heterocycles. The SMILES string of the molecule is CC(C#N)C=NCCC(C)C. The van der Waals surface area contributed by atoms with E-state index < -0.39 is 0 Å². The predicted octanol–water partition coefficient (Wildman–Crippen LogP) is 2.26. The topological polar surface area (TPSA) is 36.1 Å². The van der Waals surface area contributed by atoms with Crippen molar-refractivity contribution in [3.63, 3.8) is 0 Å². The molecular formula is C9H16N2. The first-order valence-corrected chi connectivity index (χ1v) is 4.06. The van der Waals surface area contributed by atoms with Crippen LogP contribution < -0.4 is 0 Å².